The largest absolute Gasteiger partial charge is 0.478 e. The fourth-order valence-corrected chi connectivity index (χ4v) is 0.535. The monoisotopic (exact) mass is 574 g/mol. The van der Waals surface area contributed by atoms with E-state index in [0.717, 1.165) is 12.2 Å². The van der Waals surface area contributed by atoms with Gasteiger partial charge in [-0.25, -0.2) is 43.2 Å². The van der Waals surface area contributed by atoms with E-state index in [1.54, 1.807) is 6.92 Å². The Balaban J connectivity index is -0.0000000877. The topological polar surface area (TPSA) is 336 Å². The highest BCUT2D eigenvalue weighted by Gasteiger charge is 1.89. The van der Waals surface area contributed by atoms with Crippen molar-refractivity contribution >= 4 is 53.7 Å². The van der Waals surface area contributed by atoms with E-state index in [0.29, 0.717) is 24.3 Å². The number of terminal acetylenes is 1. The zero-order chi connectivity index (χ0) is 33.3. The predicted molar refractivity (Wildman–Crippen MR) is 129 cm³/mol. The Bertz CT molecular complexity index is 1000. The maximum Gasteiger partial charge on any atom is 0.382 e. The fourth-order valence-electron chi connectivity index (χ4n) is 0.535. The summed E-state index contributed by atoms with van der Waals surface area (Å²) in [5.74, 6) is -6.73. The van der Waals surface area contributed by atoms with Gasteiger partial charge in [0.2, 0.25) is 0 Å². The molecular formula is C22H22O18. The number of rotatable bonds is 6. The normalized spacial score (nSPS) is 8.00. The zero-order valence-corrected chi connectivity index (χ0v) is 20.0. The van der Waals surface area contributed by atoms with Gasteiger partial charge in [0, 0.05) is 54.2 Å². The van der Waals surface area contributed by atoms with Gasteiger partial charge in [0.15, 0.2) is 0 Å². The van der Waals surface area contributed by atoms with Crippen LogP contribution in [0.15, 0.2) is 49.1 Å². The van der Waals surface area contributed by atoms with Gasteiger partial charge in [-0.05, 0) is 6.92 Å². The first kappa shape index (κ1) is 46.6. The van der Waals surface area contributed by atoms with Gasteiger partial charge in [0.1, 0.15) is 0 Å². The lowest BCUT2D eigenvalue weighted by Gasteiger charge is -1.74. The van der Waals surface area contributed by atoms with Crippen molar-refractivity contribution in [3.8, 4) is 24.2 Å². The van der Waals surface area contributed by atoms with Crippen LogP contribution >= 0.6 is 0 Å². The van der Waals surface area contributed by atoms with Crippen LogP contribution in [0.5, 0.6) is 0 Å². The molecule has 0 aromatic carbocycles. The van der Waals surface area contributed by atoms with E-state index >= 15 is 0 Å². The molecule has 0 heterocycles. The van der Waals surface area contributed by atoms with Crippen LogP contribution in [-0.4, -0.2) is 99.7 Å². The molecule has 0 spiro atoms. The second-order valence-electron chi connectivity index (χ2n) is 4.71. The Kier molecular flexibility index (Phi) is 40.2. The molecule has 0 radical (unpaired) electrons. The SMILES string of the molecule is C#CC(=O)O.C/C=C/C(=O)O.C=CC(=O)O.O=C(O)/C=C/C(=O)O.O=C(O)/C=C\C(=O)O.O=C(O)C#CC(=O)O. The number of carbonyl (C=O) groups is 9. The van der Waals surface area contributed by atoms with E-state index < -0.39 is 53.7 Å². The molecule has 0 bridgehead atoms. The number of aliphatic carboxylic acids is 9. The Hall–Kier alpha value is -6.69. The molecule has 0 aromatic rings. The molecule has 0 unspecified atom stereocenters. The lowest BCUT2D eigenvalue weighted by atomic mass is 10.5. The van der Waals surface area contributed by atoms with Crippen molar-refractivity contribution in [1.29, 1.82) is 0 Å². The van der Waals surface area contributed by atoms with E-state index in [2.05, 4.69) is 13.0 Å². The predicted octanol–water partition coefficient (Wildman–Crippen LogP) is -0.809. The van der Waals surface area contributed by atoms with Gasteiger partial charge >= 0.3 is 53.7 Å². The first-order valence-corrected chi connectivity index (χ1v) is 8.86. The standard InChI is InChI=1S/2C4H4O4.C4H2O4.C4H6O2.C3H4O2.C3H2O2/c3*5-3(6)1-2-4(7)8;1-2-3-4(5)6;2*1-2-3(4)5/h2*1-2H,(H,5,6)(H,7,8);(H,5,6)(H,7,8);2-3H,1H3,(H,5,6);2H,1H2,(H,4,5);1H,(H,4,5)/b2-1+;2-1-;;3-2+;;. The maximum absolute atomic E-state index is 9.55. The molecule has 0 saturated carbocycles. The van der Waals surface area contributed by atoms with Crippen LogP contribution in [-0.2, 0) is 43.2 Å². The highest BCUT2D eigenvalue weighted by atomic mass is 16.4. The second-order valence-corrected chi connectivity index (χ2v) is 4.71. The fraction of sp³-hybridized carbons (Fsp3) is 0.0455. The molecule has 9 N–H and O–H groups in total. The van der Waals surface area contributed by atoms with Crippen molar-refractivity contribution in [2.75, 3.05) is 0 Å². The highest BCUT2D eigenvalue weighted by Crippen LogP contribution is 1.71. The average molecular weight is 574 g/mol. The summed E-state index contributed by atoms with van der Waals surface area (Å²) < 4.78 is 0. The minimum atomic E-state index is -1.44. The zero-order valence-electron chi connectivity index (χ0n) is 20.0. The highest BCUT2D eigenvalue weighted by molar-refractivity contribution is 5.96. The average Bonchev–Trinajstić information content (AvgIpc) is 2.82. The van der Waals surface area contributed by atoms with E-state index in [4.69, 9.17) is 50.8 Å². The van der Waals surface area contributed by atoms with Crippen molar-refractivity contribution in [2.45, 2.75) is 6.92 Å². The molecule has 0 saturated heterocycles. The van der Waals surface area contributed by atoms with Gasteiger partial charge in [0.25, 0.3) is 0 Å². The van der Waals surface area contributed by atoms with Crippen LogP contribution in [0.25, 0.3) is 0 Å². The summed E-state index contributed by atoms with van der Waals surface area (Å²) in [5, 5.41) is 69.6. The molecule has 0 aliphatic carbocycles. The molecule has 40 heavy (non-hydrogen) atoms. The molecular weight excluding hydrogens is 552 g/mol. The van der Waals surface area contributed by atoms with Crippen molar-refractivity contribution < 1.29 is 89.1 Å². The van der Waals surface area contributed by atoms with E-state index in [-0.39, 0.29) is 0 Å². The number of carboxylic acid groups (broad SMARTS) is 9. The molecule has 0 rings (SSSR count). The smallest absolute Gasteiger partial charge is 0.382 e. The van der Waals surface area contributed by atoms with Crippen LogP contribution < -0.4 is 0 Å². The molecule has 18 heteroatoms. The summed E-state index contributed by atoms with van der Waals surface area (Å²) in [5.41, 5.74) is 0. The summed E-state index contributed by atoms with van der Waals surface area (Å²) in [6, 6.07) is 0. The quantitative estimate of drug-likeness (QED) is 0.138. The molecule has 0 amide bonds. The summed E-state index contributed by atoms with van der Waals surface area (Å²) in [4.78, 5) is 85.0. The molecule has 0 atom stereocenters. The van der Waals surface area contributed by atoms with Crippen LogP contribution in [0.3, 0.4) is 0 Å². The maximum atomic E-state index is 9.55. The lowest BCUT2D eigenvalue weighted by Crippen LogP contribution is -1.92. The van der Waals surface area contributed by atoms with Crippen LogP contribution in [0.1, 0.15) is 6.92 Å². The van der Waals surface area contributed by atoms with Crippen LogP contribution in [0, 0.1) is 24.2 Å². The lowest BCUT2D eigenvalue weighted by molar-refractivity contribution is -0.134. The van der Waals surface area contributed by atoms with Crippen molar-refractivity contribution in [3.63, 3.8) is 0 Å². The van der Waals surface area contributed by atoms with Crippen molar-refractivity contribution in [3.05, 3.63) is 49.1 Å². The number of hydrogen-bond acceptors (Lipinski definition) is 9. The third-order valence-corrected chi connectivity index (χ3v) is 1.62. The molecule has 218 valence electrons. The summed E-state index contributed by atoms with van der Waals surface area (Å²) >= 11 is 0. The molecule has 0 aliphatic rings. The van der Waals surface area contributed by atoms with Gasteiger partial charge in [-0.3, -0.25) is 0 Å². The number of allylic oxidation sites excluding steroid dienone is 1. The van der Waals surface area contributed by atoms with Crippen molar-refractivity contribution in [2.24, 2.45) is 0 Å². The molecule has 0 fully saturated rings. The van der Waals surface area contributed by atoms with Gasteiger partial charge < -0.3 is 46.0 Å². The van der Waals surface area contributed by atoms with Crippen LogP contribution in [0.2, 0.25) is 0 Å². The number of hydrogen-bond donors (Lipinski definition) is 9. The minimum absolute atomic E-state index is 0.558. The summed E-state index contributed by atoms with van der Waals surface area (Å²) in [7, 11) is 0. The van der Waals surface area contributed by atoms with Gasteiger partial charge in [-0.1, -0.05) is 12.7 Å². The Morgan fingerprint density at radius 3 is 0.750 bits per heavy atom. The van der Waals surface area contributed by atoms with Crippen molar-refractivity contribution in [1.82, 2.24) is 0 Å². The minimum Gasteiger partial charge on any atom is -0.478 e. The molecule has 0 aromatic heterocycles. The van der Waals surface area contributed by atoms with Crippen LogP contribution in [0.4, 0.5) is 0 Å². The summed E-state index contributed by atoms with van der Waals surface area (Å²) in [6.45, 7) is 4.62. The first-order chi connectivity index (χ1) is 18.2. The third-order valence-electron chi connectivity index (χ3n) is 1.62. The first-order valence-electron chi connectivity index (χ1n) is 8.86. The third kappa shape index (κ3) is 123. The van der Waals surface area contributed by atoms with Gasteiger partial charge in [-0.15, -0.1) is 6.42 Å². The number of carboxylic acids is 9. The Morgan fingerprint density at radius 2 is 0.700 bits per heavy atom. The van der Waals surface area contributed by atoms with E-state index in [9.17, 15) is 38.4 Å². The molecule has 18 nitrogen and oxygen atoms in total. The van der Waals surface area contributed by atoms with E-state index in [1.165, 1.54) is 23.8 Å². The summed E-state index contributed by atoms with van der Waals surface area (Å²) in [6.07, 6.45) is 9.94. The van der Waals surface area contributed by atoms with E-state index in [1.807, 2.05) is 0 Å². The second kappa shape index (κ2) is 34.5. The Labute approximate surface area is 223 Å². The van der Waals surface area contributed by atoms with Gasteiger partial charge in [-0.2, -0.15) is 0 Å². The Morgan fingerprint density at radius 1 is 0.500 bits per heavy atom. The molecule has 0 aliphatic heterocycles. The van der Waals surface area contributed by atoms with Gasteiger partial charge in [0.05, 0.1) is 0 Å².